The number of amides is 1. The lowest BCUT2D eigenvalue weighted by molar-refractivity contribution is 0.100. The van der Waals surface area contributed by atoms with Crippen LogP contribution in [-0.2, 0) is 12.5 Å². The summed E-state index contributed by atoms with van der Waals surface area (Å²) in [4.78, 5) is 13.7. The second kappa shape index (κ2) is 7.58. The lowest BCUT2D eigenvalue weighted by Gasteiger charge is -2.35. The molecule has 5 nitrogen and oxygen atoms in total. The largest absolute Gasteiger partial charge is 0.365 e. The molecule has 0 spiro atoms. The first-order chi connectivity index (χ1) is 12.8. The molecule has 2 aromatic heterocycles. The predicted octanol–water partition coefficient (Wildman–Crippen LogP) is 4.03. The van der Waals surface area contributed by atoms with Crippen LogP contribution in [-0.4, -0.2) is 22.2 Å². The number of benzene rings is 1. The van der Waals surface area contributed by atoms with Gasteiger partial charge in [-0.25, -0.2) is 0 Å². The molecule has 2 heterocycles. The second-order valence-corrected chi connectivity index (χ2v) is 8.88. The molecule has 0 radical (unpaired) electrons. The maximum atomic E-state index is 12.3. The first kappa shape index (κ1) is 19.8. The van der Waals surface area contributed by atoms with E-state index in [0.29, 0.717) is 11.4 Å². The summed E-state index contributed by atoms with van der Waals surface area (Å²) in [6.45, 7) is 4.69. The van der Waals surface area contributed by atoms with Crippen molar-refractivity contribution >= 4 is 33.2 Å². The van der Waals surface area contributed by atoms with Crippen LogP contribution in [0.4, 0.5) is 0 Å². The van der Waals surface area contributed by atoms with Gasteiger partial charge in [-0.2, -0.15) is 5.10 Å². The summed E-state index contributed by atoms with van der Waals surface area (Å²) in [5.74, 6) is -0.526. The molecule has 1 unspecified atom stereocenters. The highest BCUT2D eigenvalue weighted by molar-refractivity contribution is 9.10. The smallest absolute Gasteiger partial charge is 0.259 e. The van der Waals surface area contributed by atoms with Gasteiger partial charge in [-0.1, -0.05) is 44.2 Å². The highest BCUT2D eigenvalue weighted by Crippen LogP contribution is 2.48. The SMILES string of the molecule is Cn1nccc1-c1sc(C(N)=O)c(C(CN)C(C)(C)c2ccccc2)c1Br. The average Bonchev–Trinajstić information content (AvgIpc) is 3.20. The number of rotatable bonds is 6. The van der Waals surface area contributed by atoms with Crippen molar-refractivity contribution in [3.05, 3.63) is 63.1 Å². The van der Waals surface area contributed by atoms with Crippen LogP contribution in [0.15, 0.2) is 47.1 Å². The number of aromatic nitrogens is 2. The number of carbonyl (C=O) groups is 1. The van der Waals surface area contributed by atoms with Crippen LogP contribution < -0.4 is 11.5 Å². The summed E-state index contributed by atoms with van der Waals surface area (Å²) in [6.07, 6.45) is 1.74. The summed E-state index contributed by atoms with van der Waals surface area (Å²) in [5, 5.41) is 4.24. The molecule has 7 heteroatoms. The van der Waals surface area contributed by atoms with Gasteiger partial charge in [0.25, 0.3) is 5.91 Å². The summed E-state index contributed by atoms with van der Waals surface area (Å²) < 4.78 is 2.65. The van der Waals surface area contributed by atoms with Gasteiger partial charge in [0.05, 0.1) is 15.4 Å². The molecule has 142 valence electrons. The van der Waals surface area contributed by atoms with Crippen LogP contribution in [0.5, 0.6) is 0 Å². The summed E-state index contributed by atoms with van der Waals surface area (Å²) in [5.41, 5.74) is 14.7. The lowest BCUT2D eigenvalue weighted by Crippen LogP contribution is -2.33. The normalized spacial score (nSPS) is 12.9. The van der Waals surface area contributed by atoms with Gasteiger partial charge < -0.3 is 11.5 Å². The van der Waals surface area contributed by atoms with E-state index in [-0.39, 0.29) is 11.3 Å². The monoisotopic (exact) mass is 446 g/mol. The van der Waals surface area contributed by atoms with Crippen molar-refractivity contribution in [2.24, 2.45) is 18.5 Å². The zero-order valence-corrected chi connectivity index (χ0v) is 18.0. The Morgan fingerprint density at radius 3 is 2.48 bits per heavy atom. The maximum Gasteiger partial charge on any atom is 0.259 e. The number of halogens is 1. The molecule has 3 aromatic rings. The first-order valence-electron chi connectivity index (χ1n) is 8.65. The predicted molar refractivity (Wildman–Crippen MR) is 114 cm³/mol. The number of thiophene rings is 1. The van der Waals surface area contributed by atoms with E-state index >= 15 is 0 Å². The van der Waals surface area contributed by atoms with Gasteiger partial charge in [0.15, 0.2) is 0 Å². The van der Waals surface area contributed by atoms with Gasteiger partial charge in [-0.15, -0.1) is 11.3 Å². The van der Waals surface area contributed by atoms with Gasteiger partial charge in [-0.3, -0.25) is 9.48 Å². The Balaban J connectivity index is 2.21. The Morgan fingerprint density at radius 2 is 1.96 bits per heavy atom. The van der Waals surface area contributed by atoms with E-state index in [1.807, 2.05) is 31.3 Å². The van der Waals surface area contributed by atoms with Crippen LogP contribution in [0.3, 0.4) is 0 Å². The van der Waals surface area contributed by atoms with Gasteiger partial charge in [0.1, 0.15) is 0 Å². The fraction of sp³-hybridized carbons (Fsp3) is 0.300. The summed E-state index contributed by atoms with van der Waals surface area (Å²) >= 11 is 5.12. The molecule has 27 heavy (non-hydrogen) atoms. The minimum Gasteiger partial charge on any atom is -0.365 e. The van der Waals surface area contributed by atoms with Gasteiger partial charge in [0.2, 0.25) is 0 Å². The van der Waals surface area contributed by atoms with Crippen LogP contribution in [0.2, 0.25) is 0 Å². The van der Waals surface area contributed by atoms with Crippen molar-refractivity contribution in [3.8, 4) is 10.6 Å². The first-order valence-corrected chi connectivity index (χ1v) is 10.3. The van der Waals surface area contributed by atoms with Crippen molar-refractivity contribution < 1.29 is 4.79 Å². The Hall–Kier alpha value is -1.96. The van der Waals surface area contributed by atoms with E-state index < -0.39 is 5.91 Å². The molecule has 0 aliphatic rings. The van der Waals surface area contributed by atoms with E-state index in [2.05, 4.69) is 47.0 Å². The highest BCUT2D eigenvalue weighted by atomic mass is 79.9. The minimum atomic E-state index is -0.438. The quantitative estimate of drug-likeness (QED) is 0.598. The van der Waals surface area contributed by atoms with E-state index in [1.54, 1.807) is 10.9 Å². The van der Waals surface area contributed by atoms with E-state index in [9.17, 15) is 4.79 Å². The van der Waals surface area contributed by atoms with Crippen molar-refractivity contribution in [1.29, 1.82) is 0 Å². The van der Waals surface area contributed by atoms with Crippen molar-refractivity contribution in [1.82, 2.24) is 9.78 Å². The third-order valence-corrected chi connectivity index (χ3v) is 7.46. The molecule has 1 amide bonds. The molecule has 0 saturated carbocycles. The highest BCUT2D eigenvalue weighted by Gasteiger charge is 2.37. The van der Waals surface area contributed by atoms with E-state index in [4.69, 9.17) is 11.5 Å². The molecule has 0 aliphatic heterocycles. The number of primary amides is 1. The molecular formula is C20H23BrN4OS. The third-order valence-electron chi connectivity index (χ3n) is 5.14. The third kappa shape index (κ3) is 3.47. The molecule has 1 aromatic carbocycles. The zero-order valence-electron chi connectivity index (χ0n) is 15.6. The second-order valence-electron chi connectivity index (χ2n) is 7.07. The number of hydrogen-bond acceptors (Lipinski definition) is 4. The van der Waals surface area contributed by atoms with E-state index in [0.717, 1.165) is 26.2 Å². The standard InChI is InChI=1S/C20H23BrN4OS/c1-20(2,12-7-5-4-6-8-12)13(11-22)15-16(21)17(27-18(15)19(23)26)14-9-10-24-25(14)3/h4-10,13H,11,22H2,1-3H3,(H2,23,26). The van der Waals surface area contributed by atoms with Crippen molar-refractivity contribution in [2.75, 3.05) is 6.54 Å². The molecule has 4 N–H and O–H groups in total. The lowest BCUT2D eigenvalue weighted by atomic mass is 9.70. The number of hydrogen-bond donors (Lipinski definition) is 2. The van der Waals surface area contributed by atoms with Crippen LogP contribution in [0, 0.1) is 0 Å². The Labute approximate surface area is 171 Å². The molecule has 0 fully saturated rings. The van der Waals surface area contributed by atoms with Crippen molar-refractivity contribution in [3.63, 3.8) is 0 Å². The molecule has 1 atom stereocenters. The number of carbonyl (C=O) groups excluding carboxylic acids is 1. The molecule has 0 bridgehead atoms. The van der Waals surface area contributed by atoms with Crippen LogP contribution in [0.1, 0.15) is 40.6 Å². The number of nitrogens with two attached hydrogens (primary N) is 2. The summed E-state index contributed by atoms with van der Waals surface area (Å²) in [6, 6.07) is 12.1. The summed E-state index contributed by atoms with van der Waals surface area (Å²) in [7, 11) is 1.87. The molecule has 0 saturated heterocycles. The molecule has 0 aliphatic carbocycles. The Bertz CT molecular complexity index is 962. The Kier molecular flexibility index (Phi) is 5.55. The average molecular weight is 447 g/mol. The van der Waals surface area contributed by atoms with Gasteiger partial charge >= 0.3 is 0 Å². The fourth-order valence-corrected chi connectivity index (χ4v) is 5.74. The maximum absolute atomic E-state index is 12.3. The van der Waals surface area contributed by atoms with Crippen LogP contribution >= 0.6 is 27.3 Å². The molecule has 3 rings (SSSR count). The molecular weight excluding hydrogens is 424 g/mol. The zero-order chi connectivity index (χ0) is 19.8. The fourth-order valence-electron chi connectivity index (χ4n) is 3.52. The van der Waals surface area contributed by atoms with Crippen LogP contribution in [0.25, 0.3) is 10.6 Å². The number of nitrogens with zero attached hydrogens (tertiary/aromatic N) is 2. The Morgan fingerprint density at radius 1 is 1.30 bits per heavy atom. The number of aryl methyl sites for hydroxylation is 1. The van der Waals surface area contributed by atoms with Crippen molar-refractivity contribution in [2.45, 2.75) is 25.2 Å². The topological polar surface area (TPSA) is 86.9 Å². The van der Waals surface area contributed by atoms with Gasteiger partial charge in [-0.05, 0) is 38.5 Å². The minimum absolute atomic E-state index is 0.0880. The van der Waals surface area contributed by atoms with E-state index in [1.165, 1.54) is 11.3 Å². The van der Waals surface area contributed by atoms with Gasteiger partial charge in [0, 0.05) is 30.2 Å².